The van der Waals surface area contributed by atoms with Crippen LogP contribution in [0.3, 0.4) is 0 Å². The average Bonchev–Trinajstić information content (AvgIpc) is 2.31. The van der Waals surface area contributed by atoms with E-state index in [4.69, 9.17) is 5.73 Å². The lowest BCUT2D eigenvalue weighted by atomic mass is 9.52. The molecule has 1 atom stereocenters. The molecule has 0 amide bonds. The molecule has 0 heterocycles. The number of hydrogen-bond donors (Lipinski definition) is 2. The Morgan fingerprint density at radius 2 is 1.56 bits per heavy atom. The predicted molar refractivity (Wildman–Crippen MR) is 76.2 cm³/mol. The molecule has 104 valence electrons. The molecule has 4 bridgehead atoms. The lowest BCUT2D eigenvalue weighted by Crippen LogP contribution is -2.51. The Morgan fingerprint density at radius 1 is 1.00 bits per heavy atom. The highest BCUT2D eigenvalue weighted by Crippen LogP contribution is 2.56. The van der Waals surface area contributed by atoms with Gasteiger partial charge >= 0.3 is 0 Å². The van der Waals surface area contributed by atoms with Gasteiger partial charge in [-0.05, 0) is 74.2 Å². The van der Waals surface area contributed by atoms with E-state index < -0.39 is 0 Å². The summed E-state index contributed by atoms with van der Waals surface area (Å²) in [5.41, 5.74) is 5.87. The molecule has 4 fully saturated rings. The zero-order chi connectivity index (χ0) is 12.7. The average molecular weight is 250 g/mol. The summed E-state index contributed by atoms with van der Waals surface area (Å²) in [4.78, 5) is 0. The molecule has 1 unspecified atom stereocenters. The maximum absolute atomic E-state index is 5.87. The molecule has 3 N–H and O–H groups in total. The molecular weight excluding hydrogens is 220 g/mol. The molecule has 0 aliphatic heterocycles. The van der Waals surface area contributed by atoms with E-state index >= 15 is 0 Å². The third kappa shape index (κ3) is 2.34. The van der Waals surface area contributed by atoms with Crippen molar-refractivity contribution in [1.29, 1.82) is 0 Å². The topological polar surface area (TPSA) is 38.0 Å². The summed E-state index contributed by atoms with van der Waals surface area (Å²) >= 11 is 0. The second-order valence-corrected chi connectivity index (χ2v) is 7.59. The van der Waals surface area contributed by atoms with Gasteiger partial charge in [-0.3, -0.25) is 0 Å². The Morgan fingerprint density at radius 3 is 2.00 bits per heavy atom. The van der Waals surface area contributed by atoms with E-state index in [1.54, 1.807) is 6.42 Å². The zero-order valence-corrected chi connectivity index (χ0v) is 12.1. The minimum Gasteiger partial charge on any atom is -0.329 e. The van der Waals surface area contributed by atoms with Crippen LogP contribution in [0.5, 0.6) is 0 Å². The summed E-state index contributed by atoms with van der Waals surface area (Å²) in [6.07, 6.45) is 7.70. The summed E-state index contributed by atoms with van der Waals surface area (Å²) in [7, 11) is 0. The van der Waals surface area contributed by atoms with Crippen molar-refractivity contribution in [2.24, 2.45) is 41.2 Å². The van der Waals surface area contributed by atoms with Gasteiger partial charge in [0.15, 0.2) is 0 Å². The van der Waals surface area contributed by atoms with Crippen molar-refractivity contribution in [2.75, 3.05) is 13.1 Å². The van der Waals surface area contributed by atoms with Crippen LogP contribution in [0.15, 0.2) is 0 Å². The van der Waals surface area contributed by atoms with Crippen LogP contribution >= 0.6 is 0 Å². The second-order valence-electron chi connectivity index (χ2n) is 7.59. The fourth-order valence-corrected chi connectivity index (χ4v) is 5.25. The molecule has 18 heavy (non-hydrogen) atoms. The fraction of sp³-hybridized carbons (Fsp3) is 1.00. The highest BCUT2D eigenvalue weighted by Gasteiger charge is 2.47. The first kappa shape index (κ1) is 12.9. The van der Waals surface area contributed by atoms with Crippen LogP contribution in [-0.4, -0.2) is 19.1 Å². The van der Waals surface area contributed by atoms with Gasteiger partial charge in [0.1, 0.15) is 0 Å². The maximum Gasteiger partial charge on any atom is 0.0213 e. The molecular formula is C16H30N2. The van der Waals surface area contributed by atoms with Crippen molar-refractivity contribution < 1.29 is 0 Å². The van der Waals surface area contributed by atoms with E-state index in [1.807, 2.05) is 0 Å². The van der Waals surface area contributed by atoms with Crippen molar-refractivity contribution in [3.05, 3.63) is 0 Å². The fourth-order valence-electron chi connectivity index (χ4n) is 5.25. The van der Waals surface area contributed by atoms with Gasteiger partial charge in [-0.15, -0.1) is 0 Å². The van der Waals surface area contributed by atoms with Crippen molar-refractivity contribution >= 4 is 0 Å². The molecule has 4 saturated carbocycles. The van der Waals surface area contributed by atoms with E-state index in [1.165, 1.54) is 32.2 Å². The van der Waals surface area contributed by atoms with Gasteiger partial charge in [-0.25, -0.2) is 0 Å². The summed E-state index contributed by atoms with van der Waals surface area (Å²) in [5, 5.41) is 3.77. The highest BCUT2D eigenvalue weighted by atomic mass is 14.9. The molecule has 4 rings (SSSR count). The third-order valence-electron chi connectivity index (χ3n) is 6.10. The van der Waals surface area contributed by atoms with Crippen LogP contribution in [0.2, 0.25) is 0 Å². The van der Waals surface area contributed by atoms with Gasteiger partial charge in [-0.2, -0.15) is 0 Å². The largest absolute Gasteiger partial charge is 0.329 e. The first-order chi connectivity index (χ1) is 8.67. The Kier molecular flexibility index (Phi) is 3.68. The van der Waals surface area contributed by atoms with Gasteiger partial charge in [0.25, 0.3) is 0 Å². The van der Waals surface area contributed by atoms with Crippen molar-refractivity contribution in [1.82, 2.24) is 5.32 Å². The number of nitrogens with one attached hydrogen (secondary N) is 1. The smallest absolute Gasteiger partial charge is 0.0213 e. The standard InChI is InChI=1S/C16H30N2/c1-10(2)16(8-17)18-9-15-13-4-11-3-12(6-13)7-14(15)5-11/h10-16,18H,3-9,17H2,1-2H3. The van der Waals surface area contributed by atoms with E-state index in [2.05, 4.69) is 19.2 Å². The lowest BCUT2D eigenvalue weighted by molar-refractivity contribution is -0.0366. The van der Waals surface area contributed by atoms with Crippen molar-refractivity contribution in [2.45, 2.75) is 52.0 Å². The van der Waals surface area contributed by atoms with Gasteiger partial charge in [0.05, 0.1) is 0 Å². The van der Waals surface area contributed by atoms with Gasteiger partial charge < -0.3 is 11.1 Å². The van der Waals surface area contributed by atoms with E-state index in [0.29, 0.717) is 12.0 Å². The molecule has 0 spiro atoms. The van der Waals surface area contributed by atoms with Crippen LogP contribution in [0, 0.1) is 35.5 Å². The minimum atomic E-state index is 0.516. The van der Waals surface area contributed by atoms with Crippen LogP contribution in [0.25, 0.3) is 0 Å². The molecule has 0 radical (unpaired) electrons. The normalized spacial score (nSPS) is 43.7. The SMILES string of the molecule is CC(C)C(CN)NCC1C2CC3CC(C2)CC1C3. The highest BCUT2D eigenvalue weighted by molar-refractivity contribution is 4.98. The minimum absolute atomic E-state index is 0.516. The summed E-state index contributed by atoms with van der Waals surface area (Å²) in [6, 6.07) is 0.516. The maximum atomic E-state index is 5.87. The first-order valence-electron chi connectivity index (χ1n) is 8.10. The van der Waals surface area contributed by atoms with Crippen LogP contribution in [-0.2, 0) is 0 Å². The Labute approximate surface area is 112 Å². The van der Waals surface area contributed by atoms with Crippen molar-refractivity contribution in [3.63, 3.8) is 0 Å². The molecule has 4 aliphatic carbocycles. The molecule has 2 heteroatoms. The third-order valence-corrected chi connectivity index (χ3v) is 6.10. The van der Waals surface area contributed by atoms with Crippen molar-refractivity contribution in [3.8, 4) is 0 Å². The molecule has 0 aromatic rings. The van der Waals surface area contributed by atoms with Gasteiger partial charge in [0, 0.05) is 12.6 Å². The zero-order valence-electron chi connectivity index (χ0n) is 12.1. The van der Waals surface area contributed by atoms with Gasteiger partial charge in [0.2, 0.25) is 0 Å². The van der Waals surface area contributed by atoms with Crippen LogP contribution in [0.1, 0.15) is 46.0 Å². The summed E-state index contributed by atoms with van der Waals surface area (Å²) in [5.74, 6) is 5.90. The van der Waals surface area contributed by atoms with E-state index in [9.17, 15) is 0 Å². The molecule has 0 saturated heterocycles. The van der Waals surface area contributed by atoms with E-state index in [-0.39, 0.29) is 0 Å². The lowest BCUT2D eigenvalue weighted by Gasteiger charge is -2.54. The predicted octanol–water partition coefficient (Wildman–Crippen LogP) is 2.63. The number of nitrogens with two attached hydrogens (primary N) is 1. The van der Waals surface area contributed by atoms with Gasteiger partial charge in [-0.1, -0.05) is 13.8 Å². The second kappa shape index (κ2) is 5.13. The number of hydrogen-bond acceptors (Lipinski definition) is 2. The molecule has 2 nitrogen and oxygen atoms in total. The molecule has 4 aliphatic rings. The molecule has 0 aromatic heterocycles. The quantitative estimate of drug-likeness (QED) is 0.787. The first-order valence-corrected chi connectivity index (χ1v) is 8.10. The van der Waals surface area contributed by atoms with Crippen LogP contribution < -0.4 is 11.1 Å². The Balaban J connectivity index is 1.57. The Hall–Kier alpha value is -0.0800. The van der Waals surface area contributed by atoms with E-state index in [0.717, 1.165) is 36.1 Å². The molecule has 0 aromatic carbocycles. The van der Waals surface area contributed by atoms with Crippen LogP contribution in [0.4, 0.5) is 0 Å². The monoisotopic (exact) mass is 250 g/mol. The summed E-state index contributed by atoms with van der Waals surface area (Å²) in [6.45, 7) is 6.57. The Bertz CT molecular complexity index is 259. The summed E-state index contributed by atoms with van der Waals surface area (Å²) < 4.78 is 0. The number of rotatable bonds is 5.